The molecule has 0 amide bonds. The van der Waals surface area contributed by atoms with E-state index in [1.54, 1.807) is 0 Å². The summed E-state index contributed by atoms with van der Waals surface area (Å²) in [5.74, 6) is 0.766. The molecule has 54 heavy (non-hydrogen) atoms. The second-order valence-electron chi connectivity index (χ2n) is 17.6. The van der Waals surface area contributed by atoms with Crippen molar-refractivity contribution < 1.29 is 74.9 Å². The predicted octanol–water partition coefficient (Wildman–Crippen LogP) is 10.1. The molecule has 0 aromatic heterocycles. The van der Waals surface area contributed by atoms with Crippen LogP contribution in [0.1, 0.15) is 201 Å². The van der Waals surface area contributed by atoms with Crippen molar-refractivity contribution >= 4 is 13.6 Å². The number of carbonyl (C=O) groups excluding carboxylic acids is 1. The largest absolute Gasteiger partial charge is 1.00 e. The average molecular weight is 785 g/mol. The quantitative estimate of drug-likeness (QED) is 0.0614. The third-order valence-electron chi connectivity index (χ3n) is 12.6. The number of fused-ring (bicyclic) bond motifs is 2. The minimum Gasteiger partial charge on any atom is -0.550 e. The van der Waals surface area contributed by atoms with E-state index >= 15 is 4.57 Å². The molecule has 0 saturated heterocycles. The number of carbonyl (C=O) groups is 1. The monoisotopic (exact) mass is 784 g/mol. The van der Waals surface area contributed by atoms with Crippen molar-refractivity contribution in [3.8, 4) is 11.5 Å². The van der Waals surface area contributed by atoms with Gasteiger partial charge in [0, 0.05) is 23.5 Å². The minimum atomic E-state index is -3.52. The van der Waals surface area contributed by atoms with Crippen molar-refractivity contribution in [2.24, 2.45) is 0 Å². The van der Waals surface area contributed by atoms with E-state index in [0.29, 0.717) is 6.16 Å². The van der Waals surface area contributed by atoms with Crippen LogP contribution in [0.2, 0.25) is 0 Å². The Morgan fingerprint density at radius 3 is 1.50 bits per heavy atom. The van der Waals surface area contributed by atoms with E-state index in [1.807, 2.05) is 0 Å². The van der Waals surface area contributed by atoms with E-state index < -0.39 is 13.6 Å². The molecule has 0 bridgehead atoms. The van der Waals surface area contributed by atoms with Gasteiger partial charge in [-0.05, 0) is 106 Å². The number of aliphatic carboxylic acids is 1. The van der Waals surface area contributed by atoms with Crippen molar-refractivity contribution in [1.29, 1.82) is 0 Å². The molecule has 0 unspecified atom stereocenters. The fourth-order valence-electron chi connectivity index (χ4n) is 9.44. The van der Waals surface area contributed by atoms with Crippen molar-refractivity contribution in [2.45, 2.75) is 199 Å². The van der Waals surface area contributed by atoms with Gasteiger partial charge in [0.25, 0.3) is 0 Å². The van der Waals surface area contributed by atoms with E-state index in [-0.39, 0.29) is 68.6 Å². The Morgan fingerprint density at radius 1 is 0.648 bits per heavy atom. The van der Waals surface area contributed by atoms with E-state index in [0.717, 1.165) is 95.0 Å². The molecule has 3 aliphatic rings. The molecule has 0 N–H and O–H groups in total. The van der Waals surface area contributed by atoms with Crippen LogP contribution in [0.3, 0.4) is 0 Å². The maximum absolute atomic E-state index is 15.3. The molecule has 2 aromatic rings. The first-order valence-corrected chi connectivity index (χ1v) is 23.3. The van der Waals surface area contributed by atoms with Gasteiger partial charge >= 0.3 is 59.0 Å². The number of carboxylic acids is 1. The Balaban J connectivity index is 0.00000650. The van der Waals surface area contributed by atoms with Crippen molar-refractivity contribution in [2.75, 3.05) is 6.16 Å². The summed E-state index contributed by atoms with van der Waals surface area (Å²) in [5.41, 5.74) is 7.38. The topological polar surface area (TPSA) is 75.7 Å². The molecule has 0 radical (unpaired) electrons. The molecule has 7 heteroatoms. The van der Waals surface area contributed by atoms with Gasteiger partial charge in [-0.1, -0.05) is 145 Å². The second-order valence-corrected chi connectivity index (χ2v) is 19.6. The molecule has 5 rings (SSSR count). The zero-order valence-electron chi connectivity index (χ0n) is 34.8. The van der Waals surface area contributed by atoms with Gasteiger partial charge in [-0.15, -0.1) is 0 Å². The van der Waals surface area contributed by atoms with Crippen LogP contribution in [0.25, 0.3) is 0 Å². The van der Waals surface area contributed by atoms with Gasteiger partial charge in [-0.3, -0.25) is 0 Å². The number of aryl methyl sites for hydroxylation is 2. The molecule has 294 valence electrons. The SMILES string of the molecule is Cc1cc2c(c(C3(C)CCCCC3)c1)OP(=O)(CCCCCCCC/C=C\CCCCCCCC(=O)[O-])Oc1c(cc(C)cc1C1(C)CCCCC1)C2.[K+]. The summed E-state index contributed by atoms with van der Waals surface area (Å²) in [5, 5.41) is 10.5. The molecule has 0 atom stereocenters. The molecular weight excluding hydrogens is 715 g/mol. The van der Waals surface area contributed by atoms with Crippen LogP contribution in [0.4, 0.5) is 0 Å². The standard InChI is InChI=1S/C47H71O5P.K/c1-37-32-39-36-40-33-38(2)35-42(47(4)29-23-19-24-30-47)45(40)52-53(50,51-44(39)41(34-37)46(3)27-21-18-22-28-46)31-25-17-15-13-11-9-7-5-6-8-10-12-14-16-20-26-43(48)49;/h5-6,32-35H,7-31,36H2,1-4H3,(H,48,49);/q;+1/p-1/b6-5-;. The van der Waals surface area contributed by atoms with Crippen LogP contribution < -0.4 is 65.5 Å². The summed E-state index contributed by atoms with van der Waals surface area (Å²) >= 11 is 0. The maximum atomic E-state index is 15.3. The van der Waals surface area contributed by atoms with E-state index in [9.17, 15) is 9.90 Å². The number of rotatable bonds is 19. The number of hydrogen-bond donors (Lipinski definition) is 0. The molecule has 1 heterocycles. The summed E-state index contributed by atoms with van der Waals surface area (Å²) in [7, 11) is -3.52. The Hall–Kier alpha value is -0.884. The average Bonchev–Trinajstić information content (AvgIpc) is 3.11. The Bertz CT molecular complexity index is 1480. The molecule has 1 aliphatic heterocycles. The zero-order valence-corrected chi connectivity index (χ0v) is 38.9. The van der Waals surface area contributed by atoms with Crippen LogP contribution in [-0.4, -0.2) is 12.1 Å². The summed E-state index contributed by atoms with van der Waals surface area (Å²) in [4.78, 5) is 10.5. The Labute approximate surface area is 371 Å². The van der Waals surface area contributed by atoms with Gasteiger partial charge in [0.15, 0.2) is 0 Å². The number of allylic oxidation sites excluding steroid dienone is 2. The zero-order chi connectivity index (χ0) is 37.7. The van der Waals surface area contributed by atoms with Gasteiger partial charge in [-0.2, -0.15) is 0 Å². The molecular formula is C47H70KO5P. The molecule has 2 aliphatic carbocycles. The van der Waals surface area contributed by atoms with E-state index in [4.69, 9.17) is 9.05 Å². The molecule has 2 saturated carbocycles. The fraction of sp³-hybridized carbons (Fsp3) is 0.681. The van der Waals surface area contributed by atoms with Crippen LogP contribution in [-0.2, 0) is 26.6 Å². The predicted molar refractivity (Wildman–Crippen MR) is 219 cm³/mol. The van der Waals surface area contributed by atoms with Gasteiger partial charge in [0.05, 0.1) is 6.16 Å². The fourth-order valence-corrected chi connectivity index (χ4v) is 11.3. The summed E-state index contributed by atoms with van der Waals surface area (Å²) < 4.78 is 29.1. The van der Waals surface area contributed by atoms with Gasteiger partial charge in [-0.25, -0.2) is 4.57 Å². The van der Waals surface area contributed by atoms with Gasteiger partial charge in [0.2, 0.25) is 0 Å². The Morgan fingerprint density at radius 2 is 1.06 bits per heavy atom. The summed E-state index contributed by atoms with van der Waals surface area (Å²) in [6.07, 6.45) is 32.1. The molecule has 0 spiro atoms. The minimum absolute atomic E-state index is 0. The van der Waals surface area contributed by atoms with E-state index in [1.165, 1.54) is 104 Å². The second kappa shape index (κ2) is 22.3. The van der Waals surface area contributed by atoms with Crippen molar-refractivity contribution in [1.82, 2.24) is 0 Å². The first-order chi connectivity index (χ1) is 25.5. The third kappa shape index (κ3) is 13.3. The summed E-state index contributed by atoms with van der Waals surface area (Å²) in [6.45, 7) is 9.23. The van der Waals surface area contributed by atoms with Crippen LogP contribution >= 0.6 is 7.60 Å². The van der Waals surface area contributed by atoms with Gasteiger partial charge < -0.3 is 18.9 Å². The molecule has 2 aromatic carbocycles. The first kappa shape index (κ1) is 45.8. The number of unbranched alkanes of at least 4 members (excludes halogenated alkanes) is 11. The van der Waals surface area contributed by atoms with Crippen LogP contribution in [0.15, 0.2) is 36.4 Å². The van der Waals surface area contributed by atoms with Crippen molar-refractivity contribution in [3.05, 3.63) is 69.8 Å². The Kier molecular flexibility index (Phi) is 18.9. The molecule has 5 nitrogen and oxygen atoms in total. The normalized spacial score (nSPS) is 18.7. The number of hydrogen-bond acceptors (Lipinski definition) is 5. The molecule has 2 fully saturated rings. The van der Waals surface area contributed by atoms with Crippen LogP contribution in [0, 0.1) is 13.8 Å². The number of benzene rings is 2. The van der Waals surface area contributed by atoms with E-state index in [2.05, 4.69) is 64.1 Å². The van der Waals surface area contributed by atoms with Crippen LogP contribution in [0.5, 0.6) is 11.5 Å². The first-order valence-electron chi connectivity index (χ1n) is 21.6. The summed E-state index contributed by atoms with van der Waals surface area (Å²) in [6, 6.07) is 9.22. The number of carboxylic acid groups (broad SMARTS) is 1. The third-order valence-corrected chi connectivity index (χ3v) is 14.4. The smallest absolute Gasteiger partial charge is 0.550 e. The van der Waals surface area contributed by atoms with Gasteiger partial charge in [0.1, 0.15) is 11.5 Å². The van der Waals surface area contributed by atoms with Crippen molar-refractivity contribution in [3.63, 3.8) is 0 Å². The maximum Gasteiger partial charge on any atom is 1.00 e.